The first kappa shape index (κ1) is 21.0. The van der Waals surface area contributed by atoms with E-state index in [2.05, 4.69) is 25.3 Å². The molecule has 0 amide bonds. The Kier molecular flexibility index (Phi) is 9.20. The highest BCUT2D eigenvalue weighted by Gasteiger charge is 2.33. The van der Waals surface area contributed by atoms with Crippen molar-refractivity contribution in [2.24, 2.45) is 23.7 Å². The maximum atomic E-state index is 5.99. The number of fused-ring (bicyclic) bond motifs is 1. The molecule has 3 rings (SSSR count). The van der Waals surface area contributed by atoms with E-state index in [1.807, 2.05) is 11.8 Å². The normalized spacial score (nSPS) is 40.8. The maximum Gasteiger partial charge on any atom is 0.0756 e. The standard InChI is InChI=1S/C19H32OS.2H2O/c1-14-3-6-17-12-15(4-7-16(17)11-14)5-8-18-9-10-19(21-2)13-20-18;;/h5,8,14-19H,3-4,6-7,9-13H2,1-2H3;2*1H2/b8-5+;;. The molecular formula is C19H36O3S. The largest absolute Gasteiger partial charge is 0.412 e. The second-order valence-electron chi connectivity index (χ2n) is 7.70. The average molecular weight is 345 g/mol. The summed E-state index contributed by atoms with van der Waals surface area (Å²) in [5, 5.41) is 0.731. The van der Waals surface area contributed by atoms with Crippen LogP contribution >= 0.6 is 11.8 Å². The summed E-state index contributed by atoms with van der Waals surface area (Å²) in [4.78, 5) is 0. The molecule has 3 aliphatic rings. The highest BCUT2D eigenvalue weighted by molar-refractivity contribution is 7.99. The highest BCUT2D eigenvalue weighted by Crippen LogP contribution is 2.44. The van der Waals surface area contributed by atoms with E-state index < -0.39 is 0 Å². The van der Waals surface area contributed by atoms with Crippen LogP contribution in [0.4, 0.5) is 0 Å². The predicted octanol–water partition coefficient (Wildman–Crippen LogP) is 3.66. The molecule has 4 N–H and O–H groups in total. The van der Waals surface area contributed by atoms with Crippen LogP contribution in [0.5, 0.6) is 0 Å². The van der Waals surface area contributed by atoms with Crippen LogP contribution in [0.15, 0.2) is 12.2 Å². The van der Waals surface area contributed by atoms with Gasteiger partial charge in [0.05, 0.1) is 12.7 Å². The molecule has 2 saturated carbocycles. The summed E-state index contributed by atoms with van der Waals surface area (Å²) < 4.78 is 5.99. The van der Waals surface area contributed by atoms with Gasteiger partial charge in [-0.3, -0.25) is 0 Å². The zero-order valence-corrected chi connectivity index (χ0v) is 15.6. The van der Waals surface area contributed by atoms with E-state index in [0.717, 1.165) is 35.5 Å². The molecule has 2 aliphatic carbocycles. The van der Waals surface area contributed by atoms with Gasteiger partial charge in [-0.1, -0.05) is 25.5 Å². The third-order valence-corrected chi connectivity index (χ3v) is 7.15. The Bertz CT molecular complexity index is 353. The van der Waals surface area contributed by atoms with Crippen LogP contribution in [0.3, 0.4) is 0 Å². The van der Waals surface area contributed by atoms with Gasteiger partial charge >= 0.3 is 0 Å². The third kappa shape index (κ3) is 5.77. The Balaban J connectivity index is 0.00000132. The van der Waals surface area contributed by atoms with Gasteiger partial charge in [-0.25, -0.2) is 0 Å². The Morgan fingerprint density at radius 1 is 0.870 bits per heavy atom. The second-order valence-corrected chi connectivity index (χ2v) is 8.84. The molecule has 23 heavy (non-hydrogen) atoms. The predicted molar refractivity (Wildman–Crippen MR) is 100.0 cm³/mol. The molecule has 0 spiro atoms. The fourth-order valence-electron chi connectivity index (χ4n) is 4.70. The molecule has 4 heteroatoms. The maximum absolute atomic E-state index is 5.99. The topological polar surface area (TPSA) is 72.2 Å². The number of allylic oxidation sites excluding steroid dienone is 1. The molecular weight excluding hydrogens is 308 g/mol. The van der Waals surface area contributed by atoms with E-state index in [1.165, 1.54) is 51.4 Å². The minimum absolute atomic E-state index is 0. The lowest BCUT2D eigenvalue weighted by atomic mass is 9.65. The molecule has 3 nitrogen and oxygen atoms in total. The Morgan fingerprint density at radius 2 is 1.61 bits per heavy atom. The minimum Gasteiger partial charge on any atom is -0.412 e. The second kappa shape index (κ2) is 10.1. The quantitative estimate of drug-likeness (QED) is 0.733. The van der Waals surface area contributed by atoms with E-state index in [0.29, 0.717) is 6.10 Å². The molecule has 0 aromatic heterocycles. The summed E-state index contributed by atoms with van der Waals surface area (Å²) in [6, 6.07) is 0. The van der Waals surface area contributed by atoms with Gasteiger partial charge < -0.3 is 15.7 Å². The van der Waals surface area contributed by atoms with Crippen molar-refractivity contribution in [3.63, 3.8) is 0 Å². The lowest BCUT2D eigenvalue weighted by Gasteiger charge is -2.41. The zero-order chi connectivity index (χ0) is 14.7. The van der Waals surface area contributed by atoms with E-state index >= 15 is 0 Å². The van der Waals surface area contributed by atoms with E-state index in [1.54, 1.807) is 0 Å². The summed E-state index contributed by atoms with van der Waals surface area (Å²) in [6.07, 6.45) is 18.9. The summed E-state index contributed by atoms with van der Waals surface area (Å²) in [5.74, 6) is 3.89. The third-order valence-electron chi connectivity index (χ3n) is 6.12. The van der Waals surface area contributed by atoms with Crippen LogP contribution in [-0.2, 0) is 4.74 Å². The summed E-state index contributed by atoms with van der Waals surface area (Å²) in [6.45, 7) is 3.40. The van der Waals surface area contributed by atoms with Crippen LogP contribution in [0, 0.1) is 23.7 Å². The van der Waals surface area contributed by atoms with Crippen molar-refractivity contribution in [3.8, 4) is 0 Å². The molecule has 0 aromatic rings. The van der Waals surface area contributed by atoms with Crippen LogP contribution in [0.1, 0.15) is 58.3 Å². The van der Waals surface area contributed by atoms with Gasteiger partial charge in [0, 0.05) is 5.25 Å². The fourth-order valence-corrected chi connectivity index (χ4v) is 5.29. The van der Waals surface area contributed by atoms with E-state index in [9.17, 15) is 0 Å². The molecule has 6 unspecified atom stereocenters. The van der Waals surface area contributed by atoms with Crippen LogP contribution in [0.2, 0.25) is 0 Å². The van der Waals surface area contributed by atoms with Crippen molar-refractivity contribution in [2.75, 3.05) is 12.9 Å². The minimum atomic E-state index is 0. The molecule has 1 aliphatic heterocycles. The molecule has 1 heterocycles. The Labute approximate surface area is 146 Å². The molecule has 0 bridgehead atoms. The molecule has 1 saturated heterocycles. The van der Waals surface area contributed by atoms with Gasteiger partial charge in [0.1, 0.15) is 0 Å². The lowest BCUT2D eigenvalue weighted by Crippen LogP contribution is -2.30. The van der Waals surface area contributed by atoms with Crippen molar-refractivity contribution < 1.29 is 15.7 Å². The van der Waals surface area contributed by atoms with Crippen LogP contribution in [-0.4, -0.2) is 35.2 Å². The summed E-state index contributed by atoms with van der Waals surface area (Å²) >= 11 is 1.96. The molecule has 3 fully saturated rings. The fraction of sp³-hybridized carbons (Fsp3) is 0.895. The van der Waals surface area contributed by atoms with Crippen LogP contribution < -0.4 is 0 Å². The first-order chi connectivity index (χ1) is 10.2. The van der Waals surface area contributed by atoms with E-state index in [-0.39, 0.29) is 11.0 Å². The van der Waals surface area contributed by atoms with Crippen molar-refractivity contribution in [2.45, 2.75) is 69.6 Å². The van der Waals surface area contributed by atoms with E-state index in [4.69, 9.17) is 4.74 Å². The van der Waals surface area contributed by atoms with Crippen molar-refractivity contribution in [1.29, 1.82) is 0 Å². The van der Waals surface area contributed by atoms with Gasteiger partial charge in [-0.15, -0.1) is 0 Å². The van der Waals surface area contributed by atoms with Crippen molar-refractivity contribution in [3.05, 3.63) is 12.2 Å². The Hall–Kier alpha value is -0.0300. The average Bonchev–Trinajstić information content (AvgIpc) is 2.53. The molecule has 6 atom stereocenters. The first-order valence-corrected chi connectivity index (χ1v) is 10.4. The zero-order valence-electron chi connectivity index (χ0n) is 14.8. The number of ether oxygens (including phenoxy) is 1. The van der Waals surface area contributed by atoms with Gasteiger partial charge in [-0.05, 0) is 74.9 Å². The molecule has 0 aromatic carbocycles. The number of hydrogen-bond acceptors (Lipinski definition) is 2. The molecule has 0 radical (unpaired) electrons. The highest BCUT2D eigenvalue weighted by atomic mass is 32.2. The van der Waals surface area contributed by atoms with Crippen molar-refractivity contribution >= 4 is 11.8 Å². The van der Waals surface area contributed by atoms with Crippen molar-refractivity contribution in [1.82, 2.24) is 0 Å². The SMILES string of the molecule is CSC1CCC(/C=C/C2CCC3CC(C)CCC3C2)OC1.O.O. The first-order valence-electron chi connectivity index (χ1n) is 9.07. The van der Waals surface area contributed by atoms with Gasteiger partial charge in [-0.2, -0.15) is 11.8 Å². The summed E-state index contributed by atoms with van der Waals surface area (Å²) in [5.41, 5.74) is 0. The Morgan fingerprint density at radius 3 is 2.30 bits per heavy atom. The molecule has 136 valence electrons. The monoisotopic (exact) mass is 344 g/mol. The number of hydrogen-bond donors (Lipinski definition) is 0. The number of rotatable bonds is 3. The van der Waals surface area contributed by atoms with Gasteiger partial charge in [0.25, 0.3) is 0 Å². The van der Waals surface area contributed by atoms with Gasteiger partial charge in [0.15, 0.2) is 0 Å². The smallest absolute Gasteiger partial charge is 0.0756 e. The lowest BCUT2D eigenvalue weighted by molar-refractivity contribution is 0.0499. The van der Waals surface area contributed by atoms with Gasteiger partial charge in [0.2, 0.25) is 0 Å². The van der Waals surface area contributed by atoms with Crippen LogP contribution in [0.25, 0.3) is 0 Å². The summed E-state index contributed by atoms with van der Waals surface area (Å²) in [7, 11) is 0. The number of thioether (sulfide) groups is 1.